The Balaban J connectivity index is 2.03. The van der Waals surface area contributed by atoms with Crippen LogP contribution in [0.3, 0.4) is 0 Å². The van der Waals surface area contributed by atoms with Crippen molar-refractivity contribution in [2.24, 2.45) is 5.41 Å². The number of rotatable bonds is 6. The van der Waals surface area contributed by atoms with Crippen molar-refractivity contribution >= 4 is 11.3 Å². The van der Waals surface area contributed by atoms with E-state index in [1.54, 1.807) is 11.3 Å². The molecule has 0 saturated heterocycles. The highest BCUT2D eigenvalue weighted by atomic mass is 32.1. The molecule has 0 aliphatic heterocycles. The Morgan fingerprint density at radius 1 is 1.39 bits per heavy atom. The minimum Gasteiger partial charge on any atom is -0.313 e. The van der Waals surface area contributed by atoms with Crippen LogP contribution in [0.5, 0.6) is 0 Å². The van der Waals surface area contributed by atoms with E-state index in [4.69, 9.17) is 0 Å². The number of thiazole rings is 1. The third-order valence-corrected chi connectivity index (χ3v) is 5.14. The molecule has 0 aromatic carbocycles. The van der Waals surface area contributed by atoms with Crippen molar-refractivity contribution in [2.75, 3.05) is 6.54 Å². The molecule has 3 heteroatoms. The van der Waals surface area contributed by atoms with E-state index in [1.807, 2.05) is 6.20 Å². The first-order valence-corrected chi connectivity index (χ1v) is 8.24. The van der Waals surface area contributed by atoms with E-state index in [-0.39, 0.29) is 0 Å². The van der Waals surface area contributed by atoms with Crippen LogP contribution in [0.25, 0.3) is 0 Å². The van der Waals surface area contributed by atoms with Gasteiger partial charge in [0.15, 0.2) is 0 Å². The Morgan fingerprint density at radius 2 is 2.17 bits per heavy atom. The Bertz CT molecular complexity index is 328. The molecule has 18 heavy (non-hydrogen) atoms. The van der Waals surface area contributed by atoms with E-state index < -0.39 is 0 Å². The van der Waals surface area contributed by atoms with Gasteiger partial charge in [-0.25, -0.2) is 4.98 Å². The average molecular weight is 266 g/mol. The Kier molecular flexibility index (Phi) is 5.19. The van der Waals surface area contributed by atoms with Gasteiger partial charge in [-0.1, -0.05) is 33.1 Å². The Morgan fingerprint density at radius 3 is 2.78 bits per heavy atom. The summed E-state index contributed by atoms with van der Waals surface area (Å²) in [5.41, 5.74) is 0.471. The molecule has 1 aromatic rings. The van der Waals surface area contributed by atoms with Crippen LogP contribution in [0.4, 0.5) is 0 Å². The maximum absolute atomic E-state index is 4.47. The first-order chi connectivity index (χ1) is 8.74. The lowest BCUT2D eigenvalue weighted by Crippen LogP contribution is -2.46. The molecule has 1 saturated carbocycles. The second-order valence-corrected chi connectivity index (χ2v) is 6.83. The van der Waals surface area contributed by atoms with E-state index in [9.17, 15) is 0 Å². The highest BCUT2D eigenvalue weighted by Gasteiger charge is 2.35. The van der Waals surface area contributed by atoms with Crippen LogP contribution in [0, 0.1) is 5.41 Å². The zero-order valence-corrected chi connectivity index (χ0v) is 12.6. The number of aromatic nitrogens is 1. The summed E-state index contributed by atoms with van der Waals surface area (Å²) < 4.78 is 0. The van der Waals surface area contributed by atoms with E-state index in [2.05, 4.69) is 29.5 Å². The van der Waals surface area contributed by atoms with Gasteiger partial charge >= 0.3 is 0 Å². The third kappa shape index (κ3) is 3.55. The molecule has 1 unspecified atom stereocenters. The zero-order valence-electron chi connectivity index (χ0n) is 11.7. The quantitative estimate of drug-likeness (QED) is 0.841. The van der Waals surface area contributed by atoms with Crippen LogP contribution in [-0.4, -0.2) is 17.6 Å². The molecular weight excluding hydrogens is 240 g/mol. The first-order valence-electron chi connectivity index (χ1n) is 7.36. The largest absolute Gasteiger partial charge is 0.313 e. The van der Waals surface area contributed by atoms with Gasteiger partial charge in [-0.05, 0) is 31.2 Å². The highest BCUT2D eigenvalue weighted by molar-refractivity contribution is 7.09. The monoisotopic (exact) mass is 266 g/mol. The minimum absolute atomic E-state index is 0.471. The molecule has 1 atom stereocenters. The first kappa shape index (κ1) is 14.0. The number of hydrogen-bond donors (Lipinski definition) is 1. The van der Waals surface area contributed by atoms with Crippen molar-refractivity contribution in [3.63, 3.8) is 0 Å². The third-order valence-electron chi connectivity index (χ3n) is 4.34. The zero-order chi connectivity index (χ0) is 12.8. The van der Waals surface area contributed by atoms with Gasteiger partial charge < -0.3 is 5.32 Å². The number of hydrogen-bond acceptors (Lipinski definition) is 3. The molecule has 0 spiro atoms. The van der Waals surface area contributed by atoms with Gasteiger partial charge in [0.25, 0.3) is 0 Å². The van der Waals surface area contributed by atoms with Crippen molar-refractivity contribution < 1.29 is 0 Å². The van der Waals surface area contributed by atoms with Crippen molar-refractivity contribution in [3.8, 4) is 0 Å². The van der Waals surface area contributed by atoms with E-state index in [0.29, 0.717) is 11.5 Å². The van der Waals surface area contributed by atoms with Gasteiger partial charge in [0.05, 0.1) is 5.01 Å². The molecule has 1 fully saturated rings. The van der Waals surface area contributed by atoms with Gasteiger partial charge in [0.1, 0.15) is 0 Å². The van der Waals surface area contributed by atoms with Gasteiger partial charge in [-0.3, -0.25) is 0 Å². The lowest BCUT2D eigenvalue weighted by Gasteiger charge is -2.41. The summed E-state index contributed by atoms with van der Waals surface area (Å²) in [6.07, 6.45) is 11.2. The van der Waals surface area contributed by atoms with E-state index in [1.165, 1.54) is 43.5 Å². The molecule has 0 radical (unpaired) electrons. The predicted molar refractivity (Wildman–Crippen MR) is 79.1 cm³/mol. The summed E-state index contributed by atoms with van der Waals surface area (Å²) in [5.74, 6) is 0. The lowest BCUT2D eigenvalue weighted by atomic mass is 9.69. The van der Waals surface area contributed by atoms with E-state index in [0.717, 1.165) is 13.0 Å². The van der Waals surface area contributed by atoms with Gasteiger partial charge in [0.2, 0.25) is 0 Å². The van der Waals surface area contributed by atoms with Crippen molar-refractivity contribution in [1.29, 1.82) is 0 Å². The van der Waals surface area contributed by atoms with Crippen molar-refractivity contribution in [3.05, 3.63) is 16.6 Å². The van der Waals surface area contributed by atoms with Crippen LogP contribution in [0.1, 0.15) is 57.4 Å². The molecule has 0 bridgehead atoms. The molecule has 1 heterocycles. The summed E-state index contributed by atoms with van der Waals surface area (Å²) in [6, 6.07) is 0.601. The summed E-state index contributed by atoms with van der Waals surface area (Å²) in [5, 5.41) is 7.16. The molecule has 102 valence electrons. The highest BCUT2D eigenvalue weighted by Crippen LogP contribution is 2.40. The fraction of sp³-hybridized carbons (Fsp3) is 0.800. The Hall–Kier alpha value is -0.410. The normalized spacial score (nSPS) is 20.8. The molecule has 1 N–H and O–H groups in total. The number of nitrogens with one attached hydrogen (secondary N) is 1. The van der Waals surface area contributed by atoms with Crippen LogP contribution in [0.2, 0.25) is 0 Å². The lowest BCUT2D eigenvalue weighted by molar-refractivity contribution is 0.143. The maximum Gasteiger partial charge on any atom is 0.0940 e. The molecule has 2 rings (SSSR count). The maximum atomic E-state index is 4.47. The minimum atomic E-state index is 0.471. The van der Waals surface area contributed by atoms with Gasteiger partial charge in [0, 0.05) is 24.0 Å². The molecule has 0 amide bonds. The summed E-state index contributed by atoms with van der Waals surface area (Å²) in [4.78, 5) is 4.47. The molecule has 2 nitrogen and oxygen atoms in total. The molecule has 1 aliphatic rings. The van der Waals surface area contributed by atoms with Crippen molar-refractivity contribution in [1.82, 2.24) is 10.3 Å². The predicted octanol–water partition coefficient (Wildman–Crippen LogP) is 4.02. The van der Waals surface area contributed by atoms with Crippen LogP contribution < -0.4 is 5.32 Å². The van der Waals surface area contributed by atoms with E-state index >= 15 is 0 Å². The van der Waals surface area contributed by atoms with Crippen LogP contribution in [-0.2, 0) is 6.42 Å². The van der Waals surface area contributed by atoms with Crippen LogP contribution >= 0.6 is 11.3 Å². The van der Waals surface area contributed by atoms with Crippen LogP contribution in [0.15, 0.2) is 11.6 Å². The fourth-order valence-electron chi connectivity index (χ4n) is 3.12. The smallest absolute Gasteiger partial charge is 0.0940 e. The molecule has 1 aliphatic carbocycles. The van der Waals surface area contributed by atoms with Crippen molar-refractivity contribution in [2.45, 2.75) is 64.8 Å². The topological polar surface area (TPSA) is 24.9 Å². The SMILES string of the molecule is CCCNC(Cc1nccs1)C1(C)CCCCC1. The standard InChI is InChI=1S/C15H26N2S/c1-3-9-16-13(12-14-17-10-11-18-14)15(2)7-5-4-6-8-15/h10-11,13,16H,3-9,12H2,1-2H3. The number of nitrogens with zero attached hydrogens (tertiary/aromatic N) is 1. The second kappa shape index (κ2) is 6.67. The molecule has 1 aromatic heterocycles. The molecular formula is C15H26N2S. The fourth-order valence-corrected chi connectivity index (χ4v) is 3.78. The Labute approximate surface area is 115 Å². The second-order valence-electron chi connectivity index (χ2n) is 5.85. The van der Waals surface area contributed by atoms with Gasteiger partial charge in [-0.2, -0.15) is 0 Å². The summed E-state index contributed by atoms with van der Waals surface area (Å²) >= 11 is 1.80. The summed E-state index contributed by atoms with van der Waals surface area (Å²) in [7, 11) is 0. The summed E-state index contributed by atoms with van der Waals surface area (Å²) in [6.45, 7) is 5.86. The average Bonchev–Trinajstić information content (AvgIpc) is 2.88. The van der Waals surface area contributed by atoms with Gasteiger partial charge in [-0.15, -0.1) is 11.3 Å².